The van der Waals surface area contributed by atoms with Crippen LogP contribution in [0.1, 0.15) is 15.9 Å². The van der Waals surface area contributed by atoms with Gasteiger partial charge >= 0.3 is 0 Å². The normalized spacial score (nSPS) is 14.4. The van der Waals surface area contributed by atoms with Gasteiger partial charge in [0, 0.05) is 5.56 Å². The summed E-state index contributed by atoms with van der Waals surface area (Å²) >= 11 is 0. The Labute approximate surface area is 171 Å². The van der Waals surface area contributed by atoms with E-state index >= 15 is 0 Å². The summed E-state index contributed by atoms with van der Waals surface area (Å²) in [5, 5.41) is 0. The molecule has 3 rings (SSSR count). The lowest BCUT2D eigenvalue weighted by molar-refractivity contribution is -0.917. The summed E-state index contributed by atoms with van der Waals surface area (Å²) < 4.78 is 21.5. The first-order valence-electron chi connectivity index (χ1n) is 9.66. The van der Waals surface area contributed by atoms with Crippen molar-refractivity contribution in [2.24, 2.45) is 0 Å². The Morgan fingerprint density at radius 1 is 0.862 bits per heavy atom. The Morgan fingerprint density at radius 3 is 2.00 bits per heavy atom. The molecule has 0 aromatic heterocycles. The smallest absolute Gasteiger partial charge is 0.261 e. The molecular formula is C22H29N2O5+. The first-order chi connectivity index (χ1) is 14.1. The van der Waals surface area contributed by atoms with E-state index in [1.807, 2.05) is 23.1 Å². The Kier molecular flexibility index (Phi) is 6.82. The summed E-state index contributed by atoms with van der Waals surface area (Å²) in [6, 6.07) is 11.4. The fraction of sp³-hybridized carbons (Fsp3) is 0.409. The van der Waals surface area contributed by atoms with Crippen molar-refractivity contribution in [3.63, 3.8) is 0 Å². The number of nitrogens with one attached hydrogen (secondary N) is 1. The summed E-state index contributed by atoms with van der Waals surface area (Å²) in [5.74, 6) is 2.49. The van der Waals surface area contributed by atoms with E-state index in [0.29, 0.717) is 30.2 Å². The van der Waals surface area contributed by atoms with Gasteiger partial charge in [-0.1, -0.05) is 6.07 Å². The second-order valence-electron chi connectivity index (χ2n) is 6.95. The molecule has 7 nitrogen and oxygen atoms in total. The Hall–Kier alpha value is -2.93. The van der Waals surface area contributed by atoms with Gasteiger partial charge in [0.05, 0.1) is 54.6 Å². The van der Waals surface area contributed by atoms with Crippen LogP contribution < -0.4 is 23.8 Å². The fourth-order valence-corrected chi connectivity index (χ4v) is 3.70. The van der Waals surface area contributed by atoms with Crippen molar-refractivity contribution in [1.82, 2.24) is 4.90 Å². The van der Waals surface area contributed by atoms with Crippen LogP contribution in [0, 0.1) is 0 Å². The molecule has 0 unspecified atom stereocenters. The van der Waals surface area contributed by atoms with Gasteiger partial charge in [0.25, 0.3) is 5.91 Å². The first-order valence-corrected chi connectivity index (χ1v) is 9.66. The second-order valence-corrected chi connectivity index (χ2v) is 6.95. The Morgan fingerprint density at radius 2 is 1.45 bits per heavy atom. The molecule has 0 aliphatic carbocycles. The summed E-state index contributed by atoms with van der Waals surface area (Å²) in [6.07, 6.45) is 0. The van der Waals surface area contributed by atoms with Crippen LogP contribution in [0.2, 0.25) is 0 Å². The van der Waals surface area contributed by atoms with Crippen molar-refractivity contribution in [2.45, 2.75) is 6.54 Å². The molecule has 1 aliphatic heterocycles. The molecular weight excluding hydrogens is 372 g/mol. The van der Waals surface area contributed by atoms with Gasteiger partial charge < -0.3 is 28.7 Å². The maximum Gasteiger partial charge on any atom is 0.261 e. The third-order valence-electron chi connectivity index (χ3n) is 5.30. The van der Waals surface area contributed by atoms with Gasteiger partial charge in [0.15, 0.2) is 11.5 Å². The topological polar surface area (TPSA) is 61.7 Å². The summed E-state index contributed by atoms with van der Waals surface area (Å²) in [4.78, 5) is 16.4. The van der Waals surface area contributed by atoms with E-state index in [2.05, 4.69) is 6.07 Å². The van der Waals surface area contributed by atoms with Crippen molar-refractivity contribution in [3.8, 4) is 23.0 Å². The first kappa shape index (κ1) is 20.8. The number of nitrogens with zero attached hydrogens (tertiary/aromatic N) is 1. The zero-order chi connectivity index (χ0) is 20.8. The molecule has 0 saturated carbocycles. The lowest BCUT2D eigenvalue weighted by Gasteiger charge is -2.32. The zero-order valence-electron chi connectivity index (χ0n) is 17.5. The molecule has 156 valence electrons. The third-order valence-corrected chi connectivity index (χ3v) is 5.30. The summed E-state index contributed by atoms with van der Waals surface area (Å²) in [7, 11) is 6.41. The molecule has 1 amide bonds. The molecule has 0 atom stereocenters. The number of carbonyl (C=O) groups excluding carboxylic acids is 1. The number of carbonyl (C=O) groups is 1. The maximum atomic E-state index is 13.1. The Balaban J connectivity index is 1.65. The number of hydrogen-bond donors (Lipinski definition) is 1. The van der Waals surface area contributed by atoms with E-state index in [9.17, 15) is 4.79 Å². The van der Waals surface area contributed by atoms with Crippen molar-refractivity contribution in [3.05, 3.63) is 47.5 Å². The lowest BCUT2D eigenvalue weighted by atomic mass is 10.1. The van der Waals surface area contributed by atoms with E-state index < -0.39 is 0 Å². The van der Waals surface area contributed by atoms with Crippen LogP contribution in [0.25, 0.3) is 0 Å². The van der Waals surface area contributed by atoms with Crippen LogP contribution in [-0.4, -0.2) is 65.4 Å². The van der Waals surface area contributed by atoms with Gasteiger partial charge in [-0.25, -0.2) is 0 Å². The van der Waals surface area contributed by atoms with Crippen molar-refractivity contribution < 1.29 is 28.6 Å². The highest BCUT2D eigenvalue weighted by Gasteiger charge is 2.28. The highest BCUT2D eigenvalue weighted by atomic mass is 16.5. The molecule has 0 spiro atoms. The molecule has 2 aromatic carbocycles. The second kappa shape index (κ2) is 9.52. The minimum absolute atomic E-state index is 0.0514. The molecule has 1 N–H and O–H groups in total. The quantitative estimate of drug-likeness (QED) is 0.757. The Bertz CT molecular complexity index is 825. The molecule has 1 heterocycles. The molecule has 0 bridgehead atoms. The van der Waals surface area contributed by atoms with E-state index in [1.54, 1.807) is 40.6 Å². The molecule has 1 saturated heterocycles. The van der Waals surface area contributed by atoms with E-state index in [-0.39, 0.29) is 5.91 Å². The van der Waals surface area contributed by atoms with Crippen molar-refractivity contribution in [2.75, 3.05) is 54.6 Å². The third kappa shape index (κ3) is 4.56. The molecule has 1 aliphatic rings. The van der Waals surface area contributed by atoms with E-state index in [0.717, 1.165) is 31.1 Å². The number of hydrogen-bond acceptors (Lipinski definition) is 5. The van der Waals surface area contributed by atoms with Gasteiger partial charge in [0.1, 0.15) is 23.6 Å². The van der Waals surface area contributed by atoms with Gasteiger partial charge in [0.2, 0.25) is 0 Å². The van der Waals surface area contributed by atoms with Gasteiger partial charge in [-0.2, -0.15) is 0 Å². The minimum atomic E-state index is -0.0514. The average molecular weight is 401 g/mol. The monoisotopic (exact) mass is 401 g/mol. The van der Waals surface area contributed by atoms with E-state index in [4.69, 9.17) is 18.9 Å². The molecule has 7 heteroatoms. The fourth-order valence-electron chi connectivity index (χ4n) is 3.70. The number of quaternary nitrogens is 1. The van der Waals surface area contributed by atoms with Crippen LogP contribution in [0.15, 0.2) is 36.4 Å². The van der Waals surface area contributed by atoms with Gasteiger partial charge in [-0.15, -0.1) is 0 Å². The number of benzene rings is 2. The lowest BCUT2D eigenvalue weighted by Crippen LogP contribution is -3.13. The largest absolute Gasteiger partial charge is 0.496 e. The highest BCUT2D eigenvalue weighted by molar-refractivity contribution is 5.99. The van der Waals surface area contributed by atoms with Crippen LogP contribution in [0.4, 0.5) is 0 Å². The van der Waals surface area contributed by atoms with Crippen LogP contribution in [0.5, 0.6) is 23.0 Å². The van der Waals surface area contributed by atoms with Crippen molar-refractivity contribution in [1.29, 1.82) is 0 Å². The number of piperazine rings is 1. The number of rotatable bonds is 7. The van der Waals surface area contributed by atoms with Crippen molar-refractivity contribution >= 4 is 5.91 Å². The predicted molar refractivity (Wildman–Crippen MR) is 109 cm³/mol. The SMILES string of the molecule is COc1ccc(C[NH+]2CCN(C(=O)c3c(OC)cccc3OC)CC2)cc1OC. The molecule has 29 heavy (non-hydrogen) atoms. The number of ether oxygens (including phenoxy) is 4. The van der Waals surface area contributed by atoms with Gasteiger partial charge in [-0.3, -0.25) is 4.79 Å². The number of amides is 1. The minimum Gasteiger partial charge on any atom is -0.496 e. The highest BCUT2D eigenvalue weighted by Crippen LogP contribution is 2.30. The summed E-state index contributed by atoms with van der Waals surface area (Å²) in [6.45, 7) is 3.99. The molecule has 2 aromatic rings. The standard InChI is InChI=1S/C22H28N2O5/c1-26-17-9-8-16(14-20(17)29-4)15-23-10-12-24(13-11-23)22(25)21-18(27-2)6-5-7-19(21)28-3/h5-9,14H,10-13,15H2,1-4H3/p+1. The average Bonchev–Trinajstić information content (AvgIpc) is 2.78. The zero-order valence-corrected chi connectivity index (χ0v) is 17.5. The summed E-state index contributed by atoms with van der Waals surface area (Å²) in [5.41, 5.74) is 1.67. The molecule has 1 fully saturated rings. The van der Waals surface area contributed by atoms with E-state index in [1.165, 1.54) is 10.5 Å². The predicted octanol–water partition coefficient (Wildman–Crippen LogP) is 1.26. The number of methoxy groups -OCH3 is 4. The molecule has 0 radical (unpaired) electrons. The van der Waals surface area contributed by atoms with Crippen LogP contribution in [0.3, 0.4) is 0 Å². The van der Waals surface area contributed by atoms with Crippen LogP contribution in [-0.2, 0) is 6.54 Å². The van der Waals surface area contributed by atoms with Crippen LogP contribution >= 0.6 is 0 Å². The maximum absolute atomic E-state index is 13.1. The van der Waals surface area contributed by atoms with Gasteiger partial charge in [-0.05, 0) is 30.3 Å².